The fraction of sp³-hybridized carbons (Fsp3) is 0.857. The van der Waals surface area contributed by atoms with Gasteiger partial charge in [0, 0.05) is 6.54 Å². The third-order valence-electron chi connectivity index (χ3n) is 5.25. The van der Waals surface area contributed by atoms with Crippen molar-refractivity contribution in [1.29, 1.82) is 0 Å². The van der Waals surface area contributed by atoms with E-state index in [9.17, 15) is 9.59 Å². The van der Waals surface area contributed by atoms with Crippen LogP contribution in [-0.4, -0.2) is 28.8 Å². The number of amides is 2. The van der Waals surface area contributed by atoms with Crippen molar-refractivity contribution in [3.05, 3.63) is 0 Å². The van der Waals surface area contributed by atoms with Gasteiger partial charge in [0.15, 0.2) is 0 Å². The zero-order valence-electron chi connectivity index (χ0n) is 11.2. The highest BCUT2D eigenvalue weighted by atomic mass is 16.2. The summed E-state index contributed by atoms with van der Waals surface area (Å²) in [4.78, 5) is 26.6. The number of nitrogens with two attached hydrogens (primary N) is 1. The normalized spacial score (nSPS) is 39.1. The van der Waals surface area contributed by atoms with Gasteiger partial charge in [-0.05, 0) is 44.4 Å². The van der Waals surface area contributed by atoms with Gasteiger partial charge in [0.25, 0.3) is 0 Å². The molecule has 0 aromatic rings. The van der Waals surface area contributed by atoms with Gasteiger partial charge >= 0.3 is 0 Å². The summed E-state index contributed by atoms with van der Waals surface area (Å²) in [6, 6.07) is 0. The van der Waals surface area contributed by atoms with E-state index in [0.717, 1.165) is 25.7 Å². The maximum atomic E-state index is 12.5. The van der Waals surface area contributed by atoms with Crippen LogP contribution in [0.1, 0.15) is 39.5 Å². The molecule has 2 aliphatic carbocycles. The average molecular weight is 250 g/mol. The molecule has 18 heavy (non-hydrogen) atoms. The van der Waals surface area contributed by atoms with Gasteiger partial charge in [0.1, 0.15) is 0 Å². The molecule has 0 aromatic carbocycles. The van der Waals surface area contributed by atoms with E-state index in [4.69, 9.17) is 5.73 Å². The van der Waals surface area contributed by atoms with Gasteiger partial charge in [-0.1, -0.05) is 6.92 Å². The van der Waals surface area contributed by atoms with Crippen molar-refractivity contribution in [2.75, 3.05) is 6.54 Å². The van der Waals surface area contributed by atoms with Gasteiger partial charge in [-0.2, -0.15) is 0 Å². The van der Waals surface area contributed by atoms with Crippen molar-refractivity contribution in [1.82, 2.24) is 4.90 Å². The molecule has 3 atom stereocenters. The lowest BCUT2D eigenvalue weighted by Gasteiger charge is -2.37. The van der Waals surface area contributed by atoms with E-state index in [1.54, 1.807) is 4.90 Å². The molecule has 3 rings (SSSR count). The Morgan fingerprint density at radius 3 is 2.11 bits per heavy atom. The molecule has 4 nitrogen and oxygen atoms in total. The van der Waals surface area contributed by atoms with Crippen molar-refractivity contribution in [2.24, 2.45) is 29.4 Å². The van der Waals surface area contributed by atoms with Crippen LogP contribution in [0.25, 0.3) is 0 Å². The monoisotopic (exact) mass is 250 g/mol. The number of likely N-dealkylation sites (tertiary alicyclic amines) is 1. The number of imide groups is 1. The summed E-state index contributed by atoms with van der Waals surface area (Å²) in [6.07, 6.45) is 3.93. The zero-order chi connectivity index (χ0) is 13.1. The Morgan fingerprint density at radius 1 is 1.22 bits per heavy atom. The first-order valence-electron chi connectivity index (χ1n) is 7.07. The summed E-state index contributed by atoms with van der Waals surface area (Å²) in [6.45, 7) is 4.52. The lowest BCUT2D eigenvalue weighted by molar-refractivity contribution is -0.148. The van der Waals surface area contributed by atoms with E-state index in [0.29, 0.717) is 18.4 Å². The maximum absolute atomic E-state index is 12.5. The van der Waals surface area contributed by atoms with Crippen molar-refractivity contribution in [3.8, 4) is 0 Å². The van der Waals surface area contributed by atoms with Gasteiger partial charge in [0.2, 0.25) is 11.8 Å². The minimum Gasteiger partial charge on any atom is -0.328 e. The minimum absolute atomic E-state index is 0.0502. The molecule has 1 heterocycles. The second-order valence-corrected chi connectivity index (χ2v) is 6.64. The molecule has 0 spiro atoms. The zero-order valence-corrected chi connectivity index (χ0v) is 11.2. The van der Waals surface area contributed by atoms with Gasteiger partial charge in [-0.3, -0.25) is 14.5 Å². The van der Waals surface area contributed by atoms with Crippen LogP contribution in [0.2, 0.25) is 0 Å². The largest absolute Gasteiger partial charge is 0.328 e. The van der Waals surface area contributed by atoms with Gasteiger partial charge in [0.05, 0.1) is 17.4 Å². The molecule has 1 aliphatic heterocycles. The number of carbonyl (C=O) groups is 2. The minimum atomic E-state index is -0.429. The summed E-state index contributed by atoms with van der Waals surface area (Å²) < 4.78 is 0. The fourth-order valence-electron chi connectivity index (χ4n) is 3.93. The third-order valence-corrected chi connectivity index (χ3v) is 5.25. The first-order chi connectivity index (χ1) is 8.49. The van der Waals surface area contributed by atoms with Crippen LogP contribution < -0.4 is 5.73 Å². The predicted octanol–water partition coefficient (Wildman–Crippen LogP) is 1.14. The molecule has 3 unspecified atom stereocenters. The highest BCUT2D eigenvalue weighted by Gasteiger charge is 2.59. The van der Waals surface area contributed by atoms with Crippen molar-refractivity contribution in [3.63, 3.8) is 0 Å². The van der Waals surface area contributed by atoms with Crippen LogP contribution in [0, 0.1) is 23.7 Å². The van der Waals surface area contributed by atoms with Gasteiger partial charge < -0.3 is 5.73 Å². The second kappa shape index (κ2) is 3.80. The number of fused-ring (bicyclic) bond motifs is 1. The van der Waals surface area contributed by atoms with Crippen molar-refractivity contribution >= 4 is 11.8 Å². The first kappa shape index (κ1) is 12.2. The Labute approximate surface area is 108 Å². The maximum Gasteiger partial charge on any atom is 0.233 e. The number of carbonyl (C=O) groups excluding carboxylic acids is 2. The van der Waals surface area contributed by atoms with E-state index in [1.807, 2.05) is 6.92 Å². The quantitative estimate of drug-likeness (QED) is 0.764. The lowest BCUT2D eigenvalue weighted by Crippen LogP contribution is -2.56. The molecular formula is C14H22N2O2. The van der Waals surface area contributed by atoms with Crippen LogP contribution in [0.15, 0.2) is 0 Å². The Kier molecular flexibility index (Phi) is 2.56. The Bertz CT molecular complexity index is 381. The summed E-state index contributed by atoms with van der Waals surface area (Å²) in [7, 11) is 0. The van der Waals surface area contributed by atoms with Crippen LogP contribution in [0.3, 0.4) is 0 Å². The molecule has 1 saturated heterocycles. The molecule has 0 bridgehead atoms. The summed E-state index contributed by atoms with van der Waals surface area (Å²) in [5.41, 5.74) is 5.45. The molecule has 2 N–H and O–H groups in total. The smallest absolute Gasteiger partial charge is 0.233 e. The predicted molar refractivity (Wildman–Crippen MR) is 67.4 cm³/mol. The van der Waals surface area contributed by atoms with Crippen LogP contribution in [0.5, 0.6) is 0 Å². The van der Waals surface area contributed by atoms with E-state index in [-0.39, 0.29) is 23.7 Å². The van der Waals surface area contributed by atoms with Crippen molar-refractivity contribution in [2.45, 2.75) is 45.1 Å². The standard InChI is InChI=1S/C14H22N2O2/c1-8-5-10-11(6-8)13(18)16(12(10)17)14(2,7-15)9-3-4-9/h8-11H,3-7,15H2,1-2H3. The highest BCUT2D eigenvalue weighted by molar-refractivity contribution is 6.06. The summed E-state index contributed by atoms with van der Waals surface area (Å²) >= 11 is 0. The number of rotatable bonds is 3. The average Bonchev–Trinajstić information content (AvgIpc) is 3.08. The van der Waals surface area contributed by atoms with Crippen LogP contribution in [-0.2, 0) is 9.59 Å². The number of hydrogen-bond acceptors (Lipinski definition) is 3. The summed E-state index contributed by atoms with van der Waals surface area (Å²) in [5.74, 6) is 0.907. The SMILES string of the molecule is CC1CC2C(=O)N(C(C)(CN)C3CC3)C(=O)C2C1. The Balaban J connectivity index is 1.90. The fourth-order valence-corrected chi connectivity index (χ4v) is 3.93. The molecule has 3 fully saturated rings. The molecular weight excluding hydrogens is 228 g/mol. The van der Waals surface area contributed by atoms with E-state index < -0.39 is 5.54 Å². The van der Waals surface area contributed by atoms with Crippen LogP contribution >= 0.6 is 0 Å². The van der Waals surface area contributed by atoms with Crippen molar-refractivity contribution < 1.29 is 9.59 Å². The molecule has 0 aromatic heterocycles. The first-order valence-corrected chi connectivity index (χ1v) is 7.07. The third kappa shape index (κ3) is 1.48. The molecule has 4 heteroatoms. The van der Waals surface area contributed by atoms with Crippen LogP contribution in [0.4, 0.5) is 0 Å². The van der Waals surface area contributed by atoms with E-state index in [2.05, 4.69) is 6.92 Å². The highest BCUT2D eigenvalue weighted by Crippen LogP contribution is 2.50. The molecule has 0 radical (unpaired) electrons. The molecule has 3 aliphatic rings. The lowest BCUT2D eigenvalue weighted by atomic mass is 9.93. The summed E-state index contributed by atoms with van der Waals surface area (Å²) in [5, 5.41) is 0. The second-order valence-electron chi connectivity index (χ2n) is 6.64. The van der Waals surface area contributed by atoms with E-state index >= 15 is 0 Å². The Morgan fingerprint density at radius 2 is 1.72 bits per heavy atom. The molecule has 2 amide bonds. The molecule has 2 saturated carbocycles. The number of hydrogen-bond donors (Lipinski definition) is 1. The molecule has 100 valence electrons. The van der Waals surface area contributed by atoms with E-state index in [1.165, 1.54) is 0 Å². The van der Waals surface area contributed by atoms with Gasteiger partial charge in [-0.25, -0.2) is 0 Å². The van der Waals surface area contributed by atoms with Gasteiger partial charge in [-0.15, -0.1) is 0 Å². The number of nitrogens with zero attached hydrogens (tertiary/aromatic N) is 1. The Hall–Kier alpha value is -0.900. The topological polar surface area (TPSA) is 63.4 Å².